The molecular formula is C9H10N2O2S. The van der Waals surface area contributed by atoms with Crippen LogP contribution >= 0.6 is 0 Å². The van der Waals surface area contributed by atoms with E-state index in [1.54, 1.807) is 19.1 Å². The zero-order valence-corrected chi connectivity index (χ0v) is 8.45. The van der Waals surface area contributed by atoms with Gasteiger partial charge in [-0.3, -0.25) is 9.59 Å². The van der Waals surface area contributed by atoms with E-state index in [9.17, 15) is 4.21 Å². The first-order valence-corrected chi connectivity index (χ1v) is 5.26. The van der Waals surface area contributed by atoms with E-state index in [4.69, 9.17) is 9.59 Å². The number of anilines is 1. The first kappa shape index (κ1) is 9.36. The number of hydrogen-bond acceptors (Lipinski definition) is 3. The summed E-state index contributed by atoms with van der Waals surface area (Å²) in [5.74, 6) is 0.231. The van der Waals surface area contributed by atoms with E-state index in [-0.39, 0.29) is 5.84 Å². The number of rotatable bonds is 1. The molecule has 2 unspecified atom stereocenters. The molecule has 5 heteroatoms. The number of nitrogens with zero attached hydrogens (tertiary/aromatic N) is 1. The summed E-state index contributed by atoms with van der Waals surface area (Å²) in [6, 6.07) is 9.14. The molecule has 1 saturated heterocycles. The summed E-state index contributed by atoms with van der Waals surface area (Å²) < 4.78 is 17.9. The maximum absolute atomic E-state index is 11.5. The van der Waals surface area contributed by atoms with Crippen molar-refractivity contribution in [3.8, 4) is 0 Å². The summed E-state index contributed by atoms with van der Waals surface area (Å²) in [4.78, 5) is 0. The van der Waals surface area contributed by atoms with E-state index in [1.807, 2.05) is 18.2 Å². The lowest BCUT2D eigenvalue weighted by Crippen LogP contribution is -2.27. The van der Waals surface area contributed by atoms with Crippen LogP contribution in [0, 0.1) is 5.41 Å². The van der Waals surface area contributed by atoms with E-state index in [0.717, 1.165) is 5.69 Å². The van der Waals surface area contributed by atoms with Gasteiger partial charge in [0.15, 0.2) is 0 Å². The Bertz CT molecular complexity index is 380. The lowest BCUT2D eigenvalue weighted by Gasteiger charge is -2.13. The minimum absolute atomic E-state index is 0.231. The van der Waals surface area contributed by atoms with Gasteiger partial charge in [-0.15, -0.1) is 0 Å². The molecule has 0 radical (unpaired) electrons. The average molecular weight is 210 g/mol. The van der Waals surface area contributed by atoms with Crippen molar-refractivity contribution in [3.05, 3.63) is 30.3 Å². The molecule has 2 atom stereocenters. The van der Waals surface area contributed by atoms with Crippen molar-refractivity contribution in [2.75, 3.05) is 4.31 Å². The van der Waals surface area contributed by atoms with E-state index in [0.29, 0.717) is 0 Å². The van der Waals surface area contributed by atoms with Gasteiger partial charge >= 0.3 is 0 Å². The van der Waals surface area contributed by atoms with Gasteiger partial charge in [0.1, 0.15) is 11.9 Å². The maximum Gasteiger partial charge on any atom is 0.271 e. The SMILES string of the molecule is CC1OS(=O)N(c2ccccc2)C1=N. The Hall–Kier alpha value is -1.20. The van der Waals surface area contributed by atoms with E-state index in [1.165, 1.54) is 4.31 Å². The summed E-state index contributed by atoms with van der Waals surface area (Å²) in [5.41, 5.74) is 0.722. The zero-order chi connectivity index (χ0) is 10.1. The Morgan fingerprint density at radius 2 is 2.07 bits per heavy atom. The van der Waals surface area contributed by atoms with Gasteiger partial charge in [0.2, 0.25) is 0 Å². The van der Waals surface area contributed by atoms with Crippen LogP contribution in [0.25, 0.3) is 0 Å². The largest absolute Gasteiger partial charge is 0.285 e. The number of amidine groups is 1. The lowest BCUT2D eigenvalue weighted by molar-refractivity contribution is 0.331. The minimum atomic E-state index is -1.56. The quantitative estimate of drug-likeness (QED) is 0.763. The van der Waals surface area contributed by atoms with Gasteiger partial charge in [0, 0.05) is 0 Å². The van der Waals surface area contributed by atoms with Gasteiger partial charge in [0.05, 0.1) is 5.69 Å². The Kier molecular flexibility index (Phi) is 2.35. The summed E-state index contributed by atoms with van der Waals surface area (Å²) >= 11 is -1.56. The molecule has 0 spiro atoms. The highest BCUT2D eigenvalue weighted by Gasteiger charge is 2.33. The van der Waals surface area contributed by atoms with Crippen molar-refractivity contribution in [1.82, 2.24) is 0 Å². The molecule has 0 aliphatic carbocycles. The molecule has 0 bridgehead atoms. The standard InChI is InChI=1S/C9H10N2O2S/c1-7-9(10)11(14(12)13-7)8-5-3-2-4-6-8/h2-7,10H,1H3. The third-order valence-corrected chi connectivity index (χ3v) is 3.13. The molecule has 0 amide bonds. The molecule has 0 saturated carbocycles. The molecule has 2 rings (SSSR count). The van der Waals surface area contributed by atoms with Gasteiger partial charge in [-0.1, -0.05) is 18.2 Å². The summed E-state index contributed by atoms with van der Waals surface area (Å²) in [6.45, 7) is 1.71. The summed E-state index contributed by atoms with van der Waals surface area (Å²) in [7, 11) is 0. The summed E-state index contributed by atoms with van der Waals surface area (Å²) in [6.07, 6.45) is -0.406. The number of nitrogens with one attached hydrogen (secondary N) is 1. The van der Waals surface area contributed by atoms with Crippen LogP contribution in [0.4, 0.5) is 5.69 Å². The van der Waals surface area contributed by atoms with Crippen LogP contribution in [0.15, 0.2) is 30.3 Å². The Labute approximate surface area is 84.8 Å². The third kappa shape index (κ3) is 1.44. The Morgan fingerprint density at radius 3 is 2.57 bits per heavy atom. The van der Waals surface area contributed by atoms with E-state index < -0.39 is 17.4 Å². The predicted molar refractivity (Wildman–Crippen MR) is 55.3 cm³/mol. The fraction of sp³-hybridized carbons (Fsp3) is 0.222. The molecule has 74 valence electrons. The van der Waals surface area contributed by atoms with Crippen molar-refractivity contribution in [1.29, 1.82) is 5.41 Å². The first-order chi connectivity index (χ1) is 6.70. The van der Waals surface area contributed by atoms with Gasteiger partial charge < -0.3 is 0 Å². The van der Waals surface area contributed by atoms with Crippen molar-refractivity contribution in [2.45, 2.75) is 13.0 Å². The molecule has 1 aromatic carbocycles. The van der Waals surface area contributed by atoms with Crippen molar-refractivity contribution in [3.63, 3.8) is 0 Å². The van der Waals surface area contributed by atoms with Crippen LogP contribution in [0.1, 0.15) is 6.92 Å². The number of benzene rings is 1. The molecule has 0 aromatic heterocycles. The van der Waals surface area contributed by atoms with Gasteiger partial charge in [0.25, 0.3) is 11.3 Å². The Morgan fingerprint density at radius 1 is 1.43 bits per heavy atom. The number of para-hydroxylation sites is 1. The van der Waals surface area contributed by atoms with Crippen molar-refractivity contribution in [2.24, 2.45) is 0 Å². The molecule has 1 aromatic rings. The van der Waals surface area contributed by atoms with Gasteiger partial charge in [-0.25, -0.2) is 8.51 Å². The van der Waals surface area contributed by atoms with Crippen LogP contribution in [0.3, 0.4) is 0 Å². The highest BCUT2D eigenvalue weighted by Crippen LogP contribution is 2.23. The molecule has 1 fully saturated rings. The molecule has 1 aliphatic heterocycles. The average Bonchev–Trinajstić information content (AvgIpc) is 2.43. The fourth-order valence-electron chi connectivity index (χ4n) is 1.25. The second-order valence-electron chi connectivity index (χ2n) is 2.97. The first-order valence-electron chi connectivity index (χ1n) is 4.23. The highest BCUT2D eigenvalue weighted by molar-refractivity contribution is 7.83. The van der Waals surface area contributed by atoms with Gasteiger partial charge in [-0.2, -0.15) is 0 Å². The second-order valence-corrected chi connectivity index (χ2v) is 3.96. The molecular weight excluding hydrogens is 200 g/mol. The smallest absolute Gasteiger partial charge is 0.271 e. The van der Waals surface area contributed by atoms with Crippen LogP contribution in [-0.4, -0.2) is 16.1 Å². The topological polar surface area (TPSA) is 53.4 Å². The minimum Gasteiger partial charge on any atom is -0.285 e. The zero-order valence-electron chi connectivity index (χ0n) is 7.64. The molecule has 1 N–H and O–H groups in total. The second kappa shape index (κ2) is 3.51. The molecule has 1 heterocycles. The summed E-state index contributed by atoms with van der Waals surface area (Å²) in [5, 5.41) is 7.69. The predicted octanol–water partition coefficient (Wildman–Crippen LogP) is 1.47. The Balaban J connectivity index is 2.36. The number of hydrogen-bond donors (Lipinski definition) is 1. The van der Waals surface area contributed by atoms with Crippen LogP contribution in [0.2, 0.25) is 0 Å². The highest BCUT2D eigenvalue weighted by atomic mass is 32.2. The van der Waals surface area contributed by atoms with Crippen LogP contribution in [0.5, 0.6) is 0 Å². The van der Waals surface area contributed by atoms with Crippen LogP contribution < -0.4 is 4.31 Å². The van der Waals surface area contributed by atoms with E-state index in [2.05, 4.69) is 0 Å². The van der Waals surface area contributed by atoms with Gasteiger partial charge in [-0.05, 0) is 19.1 Å². The fourth-order valence-corrected chi connectivity index (χ4v) is 2.27. The maximum atomic E-state index is 11.5. The molecule has 14 heavy (non-hydrogen) atoms. The van der Waals surface area contributed by atoms with Crippen molar-refractivity contribution < 1.29 is 8.39 Å². The normalized spacial score (nSPS) is 26.9. The molecule has 4 nitrogen and oxygen atoms in total. The monoisotopic (exact) mass is 210 g/mol. The lowest BCUT2D eigenvalue weighted by atomic mass is 10.3. The third-order valence-electron chi connectivity index (χ3n) is 1.97. The molecule has 1 aliphatic rings. The van der Waals surface area contributed by atoms with E-state index >= 15 is 0 Å². The van der Waals surface area contributed by atoms with Crippen LogP contribution in [-0.2, 0) is 15.4 Å². The van der Waals surface area contributed by atoms with Crippen molar-refractivity contribution >= 4 is 22.8 Å².